The zero-order valence-corrected chi connectivity index (χ0v) is 15.3. The van der Waals surface area contributed by atoms with Gasteiger partial charge < -0.3 is 10.1 Å². The van der Waals surface area contributed by atoms with Crippen LogP contribution in [0.3, 0.4) is 0 Å². The molecule has 0 aromatic heterocycles. The Morgan fingerprint density at radius 1 is 1.26 bits per heavy atom. The van der Waals surface area contributed by atoms with Gasteiger partial charge in [0.2, 0.25) is 5.91 Å². The van der Waals surface area contributed by atoms with Gasteiger partial charge in [-0.25, -0.2) is 8.42 Å². The van der Waals surface area contributed by atoms with Crippen molar-refractivity contribution < 1.29 is 17.9 Å². The number of carbonyl (C=O) groups is 1. The average Bonchev–Trinajstić information content (AvgIpc) is 2.89. The third-order valence-electron chi connectivity index (χ3n) is 5.00. The van der Waals surface area contributed by atoms with Gasteiger partial charge in [0.1, 0.15) is 9.84 Å². The van der Waals surface area contributed by atoms with Crippen LogP contribution >= 0.6 is 0 Å². The van der Waals surface area contributed by atoms with Gasteiger partial charge in [0.15, 0.2) is 0 Å². The van der Waals surface area contributed by atoms with Crippen LogP contribution in [0.1, 0.15) is 33.1 Å². The van der Waals surface area contributed by atoms with Crippen molar-refractivity contribution in [2.45, 2.75) is 45.2 Å². The van der Waals surface area contributed by atoms with Gasteiger partial charge in [-0.2, -0.15) is 0 Å². The van der Waals surface area contributed by atoms with Gasteiger partial charge in [-0.05, 0) is 24.7 Å². The number of likely N-dealkylation sites (tertiary alicyclic amines) is 1. The summed E-state index contributed by atoms with van der Waals surface area (Å²) >= 11 is 0. The number of rotatable bonds is 6. The zero-order valence-electron chi connectivity index (χ0n) is 14.5. The van der Waals surface area contributed by atoms with Crippen LogP contribution in [0.4, 0.5) is 0 Å². The summed E-state index contributed by atoms with van der Waals surface area (Å²) in [6.45, 7) is 7.87. The lowest BCUT2D eigenvalue weighted by Crippen LogP contribution is -2.43. The molecule has 0 unspecified atom stereocenters. The minimum atomic E-state index is -3.10. The van der Waals surface area contributed by atoms with E-state index in [9.17, 15) is 13.2 Å². The number of nitrogens with zero attached hydrogens (tertiary/aromatic N) is 1. The van der Waals surface area contributed by atoms with E-state index in [0.29, 0.717) is 17.9 Å². The first-order chi connectivity index (χ1) is 10.8. The van der Waals surface area contributed by atoms with E-state index in [1.165, 1.54) is 6.26 Å². The molecule has 2 heterocycles. The summed E-state index contributed by atoms with van der Waals surface area (Å²) in [7, 11) is -3.10. The monoisotopic (exact) mass is 346 g/mol. The van der Waals surface area contributed by atoms with E-state index < -0.39 is 9.84 Å². The molecule has 0 bridgehead atoms. The summed E-state index contributed by atoms with van der Waals surface area (Å²) < 4.78 is 27.8. The summed E-state index contributed by atoms with van der Waals surface area (Å²) in [6.07, 6.45) is 3.33. The van der Waals surface area contributed by atoms with Crippen molar-refractivity contribution in [3.63, 3.8) is 0 Å². The summed E-state index contributed by atoms with van der Waals surface area (Å²) in [5.41, 5.74) is 0. The van der Waals surface area contributed by atoms with Crippen LogP contribution in [0, 0.1) is 11.8 Å². The molecule has 0 aromatic carbocycles. The third-order valence-corrected chi connectivity index (χ3v) is 5.95. The van der Waals surface area contributed by atoms with Crippen LogP contribution in [0.15, 0.2) is 0 Å². The number of nitrogens with one attached hydrogen (secondary N) is 1. The predicted octanol–water partition coefficient (Wildman–Crippen LogP) is 0.673. The van der Waals surface area contributed by atoms with Crippen LogP contribution in [0.2, 0.25) is 0 Å². The molecule has 0 aromatic rings. The summed E-state index contributed by atoms with van der Waals surface area (Å²) in [4.78, 5) is 14.6. The normalized spacial score (nSPS) is 27.5. The van der Waals surface area contributed by atoms with E-state index in [1.54, 1.807) is 0 Å². The number of sulfone groups is 1. The highest BCUT2D eigenvalue weighted by Crippen LogP contribution is 2.28. The molecule has 2 aliphatic rings. The maximum atomic E-state index is 12.1. The second kappa shape index (κ2) is 7.94. The minimum absolute atomic E-state index is 0.0530. The maximum Gasteiger partial charge on any atom is 0.221 e. The smallest absolute Gasteiger partial charge is 0.221 e. The quantitative estimate of drug-likeness (QED) is 0.765. The first-order valence-corrected chi connectivity index (χ1v) is 10.6. The van der Waals surface area contributed by atoms with E-state index in [2.05, 4.69) is 24.1 Å². The molecule has 6 nitrogen and oxygen atoms in total. The molecule has 2 atom stereocenters. The van der Waals surface area contributed by atoms with E-state index in [4.69, 9.17) is 4.74 Å². The molecule has 2 rings (SSSR count). The number of hydrogen-bond donors (Lipinski definition) is 1. The fraction of sp³-hybridized carbons (Fsp3) is 0.938. The van der Waals surface area contributed by atoms with E-state index in [0.717, 1.165) is 39.1 Å². The Labute approximate surface area is 139 Å². The molecular weight excluding hydrogens is 316 g/mol. The van der Waals surface area contributed by atoms with Crippen molar-refractivity contribution in [1.82, 2.24) is 10.2 Å². The number of carbonyl (C=O) groups excluding carboxylic acids is 1. The van der Waals surface area contributed by atoms with Crippen molar-refractivity contribution in [2.75, 3.05) is 38.3 Å². The standard InChI is InChI=1S/C16H30N2O4S/c1-12(2)14-10-18(13-4-7-22-8-5-13)11-15(14)17-16(19)6-9-23(3,20)21/h12-15H,4-11H2,1-3H3,(H,17,19)/t14-,15+/m1/s1. The first-order valence-electron chi connectivity index (χ1n) is 8.55. The third kappa shape index (κ3) is 5.72. The summed E-state index contributed by atoms with van der Waals surface area (Å²) in [6, 6.07) is 0.660. The van der Waals surface area contributed by atoms with Crippen LogP contribution < -0.4 is 5.32 Å². The highest BCUT2D eigenvalue weighted by Gasteiger charge is 2.38. The SMILES string of the molecule is CC(C)[C@H]1CN(C2CCOCC2)C[C@@H]1NC(=O)CCS(C)(=O)=O. The average molecular weight is 346 g/mol. The highest BCUT2D eigenvalue weighted by molar-refractivity contribution is 7.90. The fourth-order valence-electron chi connectivity index (χ4n) is 3.59. The molecule has 1 amide bonds. The Kier molecular flexibility index (Phi) is 6.45. The second-order valence-corrected chi connectivity index (χ2v) is 9.52. The Bertz CT molecular complexity index is 500. The molecule has 0 saturated carbocycles. The van der Waals surface area contributed by atoms with Crippen LogP contribution in [-0.4, -0.2) is 69.6 Å². The van der Waals surface area contributed by atoms with E-state index in [1.807, 2.05) is 0 Å². The highest BCUT2D eigenvalue weighted by atomic mass is 32.2. The van der Waals surface area contributed by atoms with Crippen molar-refractivity contribution >= 4 is 15.7 Å². The molecule has 1 N–H and O–H groups in total. The Morgan fingerprint density at radius 3 is 2.48 bits per heavy atom. The van der Waals surface area contributed by atoms with Gasteiger partial charge in [0.25, 0.3) is 0 Å². The molecule has 0 radical (unpaired) electrons. The van der Waals surface area contributed by atoms with Gasteiger partial charge >= 0.3 is 0 Å². The van der Waals surface area contributed by atoms with Gasteiger partial charge in [0.05, 0.1) is 5.75 Å². The number of hydrogen-bond acceptors (Lipinski definition) is 5. The number of ether oxygens (including phenoxy) is 1. The van der Waals surface area contributed by atoms with Gasteiger partial charge in [-0.1, -0.05) is 13.8 Å². The molecule has 23 heavy (non-hydrogen) atoms. The zero-order chi connectivity index (χ0) is 17.0. The second-order valence-electron chi connectivity index (χ2n) is 7.26. The lowest BCUT2D eigenvalue weighted by atomic mass is 9.91. The molecular formula is C16H30N2O4S. The molecule has 2 aliphatic heterocycles. The van der Waals surface area contributed by atoms with Gasteiger partial charge in [-0.15, -0.1) is 0 Å². The molecule has 2 saturated heterocycles. The summed E-state index contributed by atoms with van der Waals surface area (Å²) in [5, 5.41) is 3.08. The first kappa shape index (κ1) is 18.7. The Balaban J connectivity index is 1.91. The van der Waals surface area contributed by atoms with Crippen molar-refractivity contribution in [2.24, 2.45) is 11.8 Å². The minimum Gasteiger partial charge on any atom is -0.381 e. The number of amides is 1. The molecule has 7 heteroatoms. The summed E-state index contributed by atoms with van der Waals surface area (Å²) in [5.74, 6) is 0.668. The molecule has 134 valence electrons. The van der Waals surface area contributed by atoms with Gasteiger partial charge in [-0.3, -0.25) is 9.69 Å². The molecule has 2 fully saturated rings. The topological polar surface area (TPSA) is 75.7 Å². The van der Waals surface area contributed by atoms with E-state index >= 15 is 0 Å². The Hall–Kier alpha value is -0.660. The predicted molar refractivity (Wildman–Crippen MR) is 90.0 cm³/mol. The van der Waals surface area contributed by atoms with Crippen molar-refractivity contribution in [1.29, 1.82) is 0 Å². The van der Waals surface area contributed by atoms with E-state index in [-0.39, 0.29) is 24.1 Å². The molecule has 0 aliphatic carbocycles. The fourth-order valence-corrected chi connectivity index (χ4v) is 4.15. The van der Waals surface area contributed by atoms with Crippen molar-refractivity contribution in [3.8, 4) is 0 Å². The van der Waals surface area contributed by atoms with Crippen LogP contribution in [-0.2, 0) is 19.4 Å². The lowest BCUT2D eigenvalue weighted by molar-refractivity contribution is -0.121. The Morgan fingerprint density at radius 2 is 1.91 bits per heavy atom. The van der Waals surface area contributed by atoms with Crippen LogP contribution in [0.5, 0.6) is 0 Å². The van der Waals surface area contributed by atoms with Gasteiger partial charge in [0, 0.05) is 51.1 Å². The van der Waals surface area contributed by atoms with Crippen LogP contribution in [0.25, 0.3) is 0 Å². The van der Waals surface area contributed by atoms with Crippen molar-refractivity contribution in [3.05, 3.63) is 0 Å². The lowest BCUT2D eigenvalue weighted by Gasteiger charge is -2.31. The maximum absolute atomic E-state index is 12.1. The largest absolute Gasteiger partial charge is 0.381 e. The molecule has 0 spiro atoms.